The summed E-state index contributed by atoms with van der Waals surface area (Å²) in [5.74, 6) is 0.439. The summed E-state index contributed by atoms with van der Waals surface area (Å²) in [5, 5.41) is 14.5. The second-order valence-electron chi connectivity index (χ2n) is 5.54. The van der Waals surface area contributed by atoms with Gasteiger partial charge in [-0.1, -0.05) is 13.8 Å². The lowest BCUT2D eigenvalue weighted by Gasteiger charge is -2.12. The number of rotatable bonds is 3. The number of hydrogen-bond donors (Lipinski definition) is 1. The van der Waals surface area contributed by atoms with Crippen LogP contribution in [0.2, 0.25) is 0 Å². The second kappa shape index (κ2) is 3.84. The summed E-state index contributed by atoms with van der Waals surface area (Å²) in [5.41, 5.74) is 2.40. The first-order chi connectivity index (χ1) is 7.33. The molecule has 0 bridgehead atoms. The molecule has 2 unspecified atom stereocenters. The highest BCUT2D eigenvalue weighted by Crippen LogP contribution is 2.54. The molecule has 1 saturated carbocycles. The van der Waals surface area contributed by atoms with Crippen LogP contribution in [-0.4, -0.2) is 21.0 Å². The molecule has 0 spiro atoms. The molecule has 0 radical (unpaired) electrons. The zero-order valence-corrected chi connectivity index (χ0v) is 11.9. The second-order valence-corrected chi connectivity index (χ2v) is 6.33. The number of aliphatic hydroxyl groups is 1. The van der Waals surface area contributed by atoms with E-state index < -0.39 is 0 Å². The summed E-state index contributed by atoms with van der Waals surface area (Å²) in [6.07, 6.45) is 1.57. The van der Waals surface area contributed by atoms with E-state index in [4.69, 9.17) is 0 Å². The Balaban J connectivity index is 2.10. The van der Waals surface area contributed by atoms with Crippen molar-refractivity contribution in [1.82, 2.24) is 9.78 Å². The third-order valence-corrected chi connectivity index (χ3v) is 4.75. The molecule has 16 heavy (non-hydrogen) atoms. The van der Waals surface area contributed by atoms with E-state index in [1.54, 1.807) is 0 Å². The molecular formula is C12H19BrN2O. The molecule has 1 aromatic heterocycles. The van der Waals surface area contributed by atoms with Gasteiger partial charge in [-0.2, -0.15) is 5.10 Å². The van der Waals surface area contributed by atoms with Gasteiger partial charge in [0.25, 0.3) is 0 Å². The van der Waals surface area contributed by atoms with Crippen LogP contribution in [0.3, 0.4) is 0 Å². The normalized spacial score (nSPS) is 24.5. The first-order valence-corrected chi connectivity index (χ1v) is 6.48. The van der Waals surface area contributed by atoms with Gasteiger partial charge in [0.2, 0.25) is 0 Å². The summed E-state index contributed by atoms with van der Waals surface area (Å²) in [4.78, 5) is 0. The maximum Gasteiger partial charge on any atom is 0.0738 e. The molecule has 3 nitrogen and oxygen atoms in total. The largest absolute Gasteiger partial charge is 0.392 e. The molecular weight excluding hydrogens is 268 g/mol. The van der Waals surface area contributed by atoms with Crippen LogP contribution in [0.25, 0.3) is 0 Å². The van der Waals surface area contributed by atoms with E-state index in [-0.39, 0.29) is 6.10 Å². The molecule has 1 aliphatic carbocycles. The molecule has 1 fully saturated rings. The Morgan fingerprint density at radius 2 is 2.19 bits per heavy atom. The molecule has 0 aliphatic heterocycles. The van der Waals surface area contributed by atoms with Gasteiger partial charge in [0.15, 0.2) is 0 Å². The third kappa shape index (κ3) is 2.05. The van der Waals surface area contributed by atoms with Gasteiger partial charge in [-0.05, 0) is 40.6 Å². The van der Waals surface area contributed by atoms with Crippen LogP contribution in [0.5, 0.6) is 0 Å². The maximum absolute atomic E-state index is 10.2. The Morgan fingerprint density at radius 3 is 2.56 bits per heavy atom. The molecule has 0 aromatic carbocycles. The zero-order chi connectivity index (χ0) is 12.1. The predicted molar refractivity (Wildman–Crippen MR) is 67.2 cm³/mol. The van der Waals surface area contributed by atoms with Crippen molar-refractivity contribution in [2.45, 2.75) is 39.7 Å². The van der Waals surface area contributed by atoms with Crippen molar-refractivity contribution in [3.05, 3.63) is 15.9 Å². The van der Waals surface area contributed by atoms with Gasteiger partial charge < -0.3 is 5.11 Å². The van der Waals surface area contributed by atoms with Crippen molar-refractivity contribution >= 4 is 15.9 Å². The smallest absolute Gasteiger partial charge is 0.0738 e. The lowest BCUT2D eigenvalue weighted by atomic mass is 10.0. The lowest BCUT2D eigenvalue weighted by Crippen LogP contribution is -2.18. The lowest BCUT2D eigenvalue weighted by molar-refractivity contribution is 0.134. The summed E-state index contributed by atoms with van der Waals surface area (Å²) < 4.78 is 2.89. The minimum Gasteiger partial charge on any atom is -0.392 e. The van der Waals surface area contributed by atoms with Gasteiger partial charge in [-0.15, -0.1) is 0 Å². The van der Waals surface area contributed by atoms with Gasteiger partial charge in [0.05, 0.1) is 22.0 Å². The number of aliphatic hydroxyl groups excluding tert-OH is 1. The third-order valence-electron chi connectivity index (χ3n) is 3.72. The number of aryl methyl sites for hydroxylation is 2. The van der Waals surface area contributed by atoms with Crippen LogP contribution >= 0.6 is 15.9 Å². The van der Waals surface area contributed by atoms with E-state index in [1.165, 1.54) is 0 Å². The standard InChI is InChI=1S/C12H19BrN2O/c1-7-11(13)9(15(4)14-7)5-10(16)8-6-12(8,2)3/h8,10,16H,5-6H2,1-4H3. The summed E-state index contributed by atoms with van der Waals surface area (Å²) in [6.45, 7) is 6.40. The number of nitrogens with zero attached hydrogens (tertiary/aromatic N) is 2. The molecule has 4 heteroatoms. The number of halogens is 1. The average molecular weight is 287 g/mol. The molecule has 0 amide bonds. The predicted octanol–water partition coefficient (Wildman–Crippen LogP) is 2.44. The van der Waals surface area contributed by atoms with Crippen molar-refractivity contribution in [2.75, 3.05) is 0 Å². The highest BCUT2D eigenvalue weighted by molar-refractivity contribution is 9.10. The van der Waals surface area contributed by atoms with Crippen molar-refractivity contribution in [1.29, 1.82) is 0 Å². The molecule has 1 heterocycles. The summed E-state index contributed by atoms with van der Waals surface area (Å²) >= 11 is 3.53. The monoisotopic (exact) mass is 286 g/mol. The Bertz CT molecular complexity index is 411. The Hall–Kier alpha value is -0.350. The minimum absolute atomic E-state index is 0.249. The van der Waals surface area contributed by atoms with E-state index in [9.17, 15) is 5.11 Å². The molecule has 1 N–H and O–H groups in total. The van der Waals surface area contributed by atoms with E-state index in [2.05, 4.69) is 34.9 Å². The van der Waals surface area contributed by atoms with Crippen LogP contribution < -0.4 is 0 Å². The van der Waals surface area contributed by atoms with Crippen molar-refractivity contribution in [3.8, 4) is 0 Å². The Kier molecular flexibility index (Phi) is 2.91. The zero-order valence-electron chi connectivity index (χ0n) is 10.3. The fourth-order valence-corrected chi connectivity index (χ4v) is 2.90. The van der Waals surface area contributed by atoms with E-state index >= 15 is 0 Å². The van der Waals surface area contributed by atoms with E-state index in [1.807, 2.05) is 18.7 Å². The van der Waals surface area contributed by atoms with Crippen molar-refractivity contribution in [3.63, 3.8) is 0 Å². The van der Waals surface area contributed by atoms with Crippen LogP contribution in [-0.2, 0) is 13.5 Å². The van der Waals surface area contributed by atoms with Crippen molar-refractivity contribution in [2.24, 2.45) is 18.4 Å². The number of aromatic nitrogens is 2. The highest BCUT2D eigenvalue weighted by atomic mass is 79.9. The first-order valence-electron chi connectivity index (χ1n) is 5.69. The molecule has 0 saturated heterocycles. The highest BCUT2D eigenvalue weighted by Gasteiger charge is 2.49. The summed E-state index contributed by atoms with van der Waals surface area (Å²) in [6, 6.07) is 0. The van der Waals surface area contributed by atoms with Crippen LogP contribution in [0, 0.1) is 18.3 Å². The van der Waals surface area contributed by atoms with E-state index in [0.717, 1.165) is 22.3 Å². The van der Waals surface area contributed by atoms with Crippen LogP contribution in [0.4, 0.5) is 0 Å². The molecule has 1 aromatic rings. The molecule has 1 aliphatic rings. The molecule has 2 atom stereocenters. The van der Waals surface area contributed by atoms with Crippen LogP contribution in [0.15, 0.2) is 4.47 Å². The SMILES string of the molecule is Cc1nn(C)c(CC(O)C2CC2(C)C)c1Br. The first kappa shape index (κ1) is 12.1. The van der Waals surface area contributed by atoms with Gasteiger partial charge in [-0.25, -0.2) is 0 Å². The van der Waals surface area contributed by atoms with Gasteiger partial charge in [0.1, 0.15) is 0 Å². The van der Waals surface area contributed by atoms with Crippen LogP contribution in [0.1, 0.15) is 31.7 Å². The fraction of sp³-hybridized carbons (Fsp3) is 0.750. The van der Waals surface area contributed by atoms with Gasteiger partial charge >= 0.3 is 0 Å². The van der Waals surface area contributed by atoms with Gasteiger partial charge in [-0.3, -0.25) is 4.68 Å². The topological polar surface area (TPSA) is 38.0 Å². The molecule has 2 rings (SSSR count). The Labute approximate surface area is 105 Å². The quantitative estimate of drug-likeness (QED) is 0.927. The van der Waals surface area contributed by atoms with E-state index in [0.29, 0.717) is 17.8 Å². The Morgan fingerprint density at radius 1 is 1.62 bits per heavy atom. The minimum atomic E-state index is -0.249. The number of hydrogen-bond acceptors (Lipinski definition) is 2. The fourth-order valence-electron chi connectivity index (χ4n) is 2.41. The molecule has 90 valence electrons. The average Bonchev–Trinajstić information content (AvgIpc) is 2.75. The van der Waals surface area contributed by atoms with Gasteiger partial charge in [0, 0.05) is 13.5 Å². The van der Waals surface area contributed by atoms with Crippen molar-refractivity contribution < 1.29 is 5.11 Å². The maximum atomic E-state index is 10.2. The summed E-state index contributed by atoms with van der Waals surface area (Å²) in [7, 11) is 1.93.